The average Bonchev–Trinajstić information content (AvgIpc) is 3.15. The lowest BCUT2D eigenvalue weighted by molar-refractivity contribution is 0.102. The Balaban J connectivity index is 1.43. The van der Waals surface area contributed by atoms with Gasteiger partial charge < -0.3 is 4.90 Å². The van der Waals surface area contributed by atoms with E-state index >= 15 is 0 Å². The van der Waals surface area contributed by atoms with Crippen LogP contribution in [0.25, 0.3) is 10.8 Å². The third-order valence-electron chi connectivity index (χ3n) is 5.96. The lowest BCUT2D eigenvalue weighted by Crippen LogP contribution is -2.44. The van der Waals surface area contributed by atoms with Crippen LogP contribution in [-0.2, 0) is 0 Å². The van der Waals surface area contributed by atoms with Gasteiger partial charge in [-0.2, -0.15) is 0 Å². The monoisotopic (exact) mass is 308 g/mol. The Bertz CT molecular complexity index is 652. The summed E-state index contributed by atoms with van der Waals surface area (Å²) in [6, 6.07) is 17.0. The topological polar surface area (TPSA) is 6.48 Å². The van der Waals surface area contributed by atoms with E-state index in [9.17, 15) is 0 Å². The van der Waals surface area contributed by atoms with Gasteiger partial charge in [0.05, 0.1) is 0 Å². The zero-order valence-corrected chi connectivity index (χ0v) is 14.2. The second-order valence-electron chi connectivity index (χ2n) is 7.29. The highest BCUT2D eigenvalue weighted by molar-refractivity contribution is 5.83. The number of benzene rings is 2. The smallest absolute Gasteiger partial charge is 0.0320 e. The molecule has 0 aliphatic carbocycles. The van der Waals surface area contributed by atoms with Crippen molar-refractivity contribution in [1.29, 1.82) is 0 Å². The van der Waals surface area contributed by atoms with Crippen LogP contribution in [0.3, 0.4) is 0 Å². The molecule has 2 heterocycles. The number of fused-ring (bicyclic) bond motifs is 1. The standard InChI is InChI=1S/C21H28N2/c1-17(19-9-8-18-6-2-3-7-20(18)16-19)22-14-10-21(11-15-22)23-12-4-5-13-23/h2-3,6-9,16-17,21H,4-5,10-15H2,1H3/t17-/m1/s1. The van der Waals surface area contributed by atoms with E-state index in [1.807, 2.05) is 0 Å². The number of hydrogen-bond acceptors (Lipinski definition) is 2. The van der Waals surface area contributed by atoms with Crippen molar-refractivity contribution in [3.8, 4) is 0 Å². The van der Waals surface area contributed by atoms with Crippen molar-refractivity contribution in [3.63, 3.8) is 0 Å². The van der Waals surface area contributed by atoms with Gasteiger partial charge in [-0.3, -0.25) is 4.90 Å². The molecule has 2 saturated heterocycles. The van der Waals surface area contributed by atoms with E-state index in [1.54, 1.807) is 0 Å². The Hall–Kier alpha value is -1.38. The molecular formula is C21H28N2. The molecule has 0 bridgehead atoms. The predicted octanol–water partition coefficient (Wildman–Crippen LogP) is 4.46. The highest BCUT2D eigenvalue weighted by Gasteiger charge is 2.28. The fourth-order valence-electron chi connectivity index (χ4n) is 4.42. The minimum atomic E-state index is 0.527. The summed E-state index contributed by atoms with van der Waals surface area (Å²) in [6.07, 6.45) is 5.51. The summed E-state index contributed by atoms with van der Waals surface area (Å²) in [5.41, 5.74) is 1.46. The number of rotatable bonds is 3. The predicted molar refractivity (Wildman–Crippen MR) is 97.8 cm³/mol. The minimum Gasteiger partial charge on any atom is -0.300 e. The van der Waals surface area contributed by atoms with Crippen molar-refractivity contribution < 1.29 is 0 Å². The zero-order valence-electron chi connectivity index (χ0n) is 14.2. The molecule has 2 aliphatic rings. The van der Waals surface area contributed by atoms with Gasteiger partial charge in [-0.1, -0.05) is 36.4 Å². The van der Waals surface area contributed by atoms with E-state index in [0.29, 0.717) is 6.04 Å². The molecule has 0 aromatic heterocycles. The summed E-state index contributed by atoms with van der Waals surface area (Å²) in [5.74, 6) is 0. The van der Waals surface area contributed by atoms with Crippen LogP contribution in [0.5, 0.6) is 0 Å². The molecule has 0 radical (unpaired) electrons. The molecule has 4 rings (SSSR count). The lowest BCUT2D eigenvalue weighted by Gasteiger charge is -2.39. The van der Waals surface area contributed by atoms with Gasteiger partial charge in [-0.15, -0.1) is 0 Å². The van der Waals surface area contributed by atoms with Crippen LogP contribution >= 0.6 is 0 Å². The van der Waals surface area contributed by atoms with E-state index in [2.05, 4.69) is 59.2 Å². The molecule has 23 heavy (non-hydrogen) atoms. The molecule has 0 N–H and O–H groups in total. The molecule has 122 valence electrons. The van der Waals surface area contributed by atoms with Gasteiger partial charge in [-0.25, -0.2) is 0 Å². The van der Waals surface area contributed by atoms with Crippen LogP contribution in [0.2, 0.25) is 0 Å². The third-order valence-corrected chi connectivity index (χ3v) is 5.96. The Morgan fingerprint density at radius 2 is 1.57 bits per heavy atom. The van der Waals surface area contributed by atoms with Crippen LogP contribution < -0.4 is 0 Å². The first-order chi connectivity index (χ1) is 11.3. The van der Waals surface area contributed by atoms with Crippen LogP contribution in [0.1, 0.15) is 44.2 Å². The minimum absolute atomic E-state index is 0.527. The summed E-state index contributed by atoms with van der Waals surface area (Å²) < 4.78 is 0. The van der Waals surface area contributed by atoms with Gasteiger partial charge in [0.25, 0.3) is 0 Å². The van der Waals surface area contributed by atoms with Crippen LogP contribution in [-0.4, -0.2) is 42.0 Å². The number of piperidine rings is 1. The molecule has 0 saturated carbocycles. The molecule has 2 aromatic carbocycles. The Labute approximate surface area is 140 Å². The van der Waals surface area contributed by atoms with Crippen molar-refractivity contribution in [3.05, 3.63) is 48.0 Å². The van der Waals surface area contributed by atoms with Gasteiger partial charge >= 0.3 is 0 Å². The fraction of sp³-hybridized carbons (Fsp3) is 0.524. The SMILES string of the molecule is C[C@H](c1ccc2ccccc2c1)N1CCC(N2CCCC2)CC1. The summed E-state index contributed by atoms with van der Waals surface area (Å²) in [5, 5.41) is 2.71. The second-order valence-corrected chi connectivity index (χ2v) is 7.29. The number of nitrogens with zero attached hydrogens (tertiary/aromatic N) is 2. The van der Waals surface area contributed by atoms with Gasteiger partial charge in [-0.05, 0) is 68.1 Å². The van der Waals surface area contributed by atoms with Crippen molar-refractivity contribution in [2.24, 2.45) is 0 Å². The molecule has 1 atom stereocenters. The largest absolute Gasteiger partial charge is 0.300 e. The highest BCUT2D eigenvalue weighted by atomic mass is 15.2. The Kier molecular flexibility index (Phi) is 4.37. The highest BCUT2D eigenvalue weighted by Crippen LogP contribution is 2.29. The third kappa shape index (κ3) is 3.15. The van der Waals surface area contributed by atoms with Gasteiger partial charge in [0.15, 0.2) is 0 Å². The van der Waals surface area contributed by atoms with E-state index in [4.69, 9.17) is 0 Å². The number of hydrogen-bond donors (Lipinski definition) is 0. The van der Waals surface area contributed by atoms with E-state index < -0.39 is 0 Å². The van der Waals surface area contributed by atoms with Gasteiger partial charge in [0.2, 0.25) is 0 Å². The van der Waals surface area contributed by atoms with Crippen molar-refractivity contribution >= 4 is 10.8 Å². The molecule has 0 spiro atoms. The molecule has 2 nitrogen and oxygen atoms in total. The summed E-state index contributed by atoms with van der Waals surface area (Å²) in [7, 11) is 0. The van der Waals surface area contributed by atoms with Crippen LogP contribution in [0.15, 0.2) is 42.5 Å². The van der Waals surface area contributed by atoms with Crippen LogP contribution in [0, 0.1) is 0 Å². The fourth-order valence-corrected chi connectivity index (χ4v) is 4.42. The first kappa shape index (κ1) is 15.2. The summed E-state index contributed by atoms with van der Waals surface area (Å²) >= 11 is 0. The van der Waals surface area contributed by atoms with Crippen molar-refractivity contribution in [1.82, 2.24) is 9.80 Å². The van der Waals surface area contributed by atoms with E-state index in [1.165, 1.54) is 68.2 Å². The number of likely N-dealkylation sites (tertiary alicyclic amines) is 2. The molecule has 0 amide bonds. The van der Waals surface area contributed by atoms with E-state index in [-0.39, 0.29) is 0 Å². The molecule has 0 unspecified atom stereocenters. The van der Waals surface area contributed by atoms with Gasteiger partial charge in [0.1, 0.15) is 0 Å². The zero-order chi connectivity index (χ0) is 15.6. The average molecular weight is 308 g/mol. The quantitative estimate of drug-likeness (QED) is 0.826. The van der Waals surface area contributed by atoms with E-state index in [0.717, 1.165) is 6.04 Å². The van der Waals surface area contributed by atoms with Crippen molar-refractivity contribution in [2.75, 3.05) is 26.2 Å². The molecule has 2 heteroatoms. The molecule has 2 aromatic rings. The normalized spacial score (nSPS) is 22.7. The summed E-state index contributed by atoms with van der Waals surface area (Å²) in [4.78, 5) is 5.41. The molecule has 2 aliphatic heterocycles. The molecule has 2 fully saturated rings. The first-order valence-electron chi connectivity index (χ1n) is 9.28. The lowest BCUT2D eigenvalue weighted by atomic mass is 9.97. The molecular weight excluding hydrogens is 280 g/mol. The Morgan fingerprint density at radius 1 is 0.870 bits per heavy atom. The maximum absolute atomic E-state index is 2.73. The Morgan fingerprint density at radius 3 is 2.30 bits per heavy atom. The van der Waals surface area contributed by atoms with Crippen molar-refractivity contribution in [2.45, 2.75) is 44.7 Å². The summed E-state index contributed by atoms with van der Waals surface area (Å²) in [6.45, 7) is 7.54. The second kappa shape index (κ2) is 6.62. The first-order valence-corrected chi connectivity index (χ1v) is 9.28. The maximum atomic E-state index is 2.73. The van der Waals surface area contributed by atoms with Gasteiger partial charge in [0, 0.05) is 25.2 Å². The van der Waals surface area contributed by atoms with Crippen LogP contribution in [0.4, 0.5) is 0 Å². The maximum Gasteiger partial charge on any atom is 0.0320 e.